The average molecular weight is 335 g/mol. The minimum atomic E-state index is 0.356. The first-order valence-electron chi connectivity index (χ1n) is 8.42. The van der Waals surface area contributed by atoms with Gasteiger partial charge in [-0.1, -0.05) is 35.9 Å². The molecule has 3 nitrogen and oxygen atoms in total. The van der Waals surface area contributed by atoms with Crippen LogP contribution in [0.15, 0.2) is 36.4 Å². The lowest BCUT2D eigenvalue weighted by Gasteiger charge is -2.32. The van der Waals surface area contributed by atoms with Crippen molar-refractivity contribution in [1.29, 1.82) is 0 Å². The third-order valence-electron chi connectivity index (χ3n) is 4.38. The maximum Gasteiger partial charge on any atom is 0.127 e. The van der Waals surface area contributed by atoms with Gasteiger partial charge in [0.05, 0.1) is 13.2 Å². The van der Waals surface area contributed by atoms with Crippen molar-refractivity contribution in [3.8, 4) is 5.75 Å². The SMILES string of the molecule is C[C@@H]1C[NH+](CCCOc2ccc(Cl)c3ccccc23)C[C@H](C)O1. The molecule has 1 unspecified atom stereocenters. The number of halogens is 1. The fourth-order valence-electron chi connectivity index (χ4n) is 3.46. The minimum absolute atomic E-state index is 0.356. The van der Waals surface area contributed by atoms with E-state index in [1.807, 2.05) is 30.3 Å². The molecule has 0 amide bonds. The predicted octanol–water partition coefficient (Wildman–Crippen LogP) is 2.95. The summed E-state index contributed by atoms with van der Waals surface area (Å²) in [5.41, 5.74) is 0. The molecule has 2 aromatic rings. The van der Waals surface area contributed by atoms with Crippen molar-refractivity contribution < 1.29 is 14.4 Å². The van der Waals surface area contributed by atoms with Gasteiger partial charge in [-0.05, 0) is 26.0 Å². The average Bonchev–Trinajstić information content (AvgIpc) is 2.53. The van der Waals surface area contributed by atoms with Crippen molar-refractivity contribution in [2.24, 2.45) is 0 Å². The van der Waals surface area contributed by atoms with Crippen molar-refractivity contribution >= 4 is 22.4 Å². The highest BCUT2D eigenvalue weighted by Crippen LogP contribution is 2.31. The Morgan fingerprint density at radius 1 is 1.09 bits per heavy atom. The second-order valence-corrected chi connectivity index (χ2v) is 6.87. The van der Waals surface area contributed by atoms with Gasteiger partial charge >= 0.3 is 0 Å². The van der Waals surface area contributed by atoms with Gasteiger partial charge in [0.15, 0.2) is 0 Å². The van der Waals surface area contributed by atoms with Gasteiger partial charge in [0.25, 0.3) is 0 Å². The van der Waals surface area contributed by atoms with E-state index in [4.69, 9.17) is 21.1 Å². The Kier molecular flexibility index (Phi) is 5.42. The Morgan fingerprint density at radius 3 is 2.52 bits per heavy atom. The number of hydrogen-bond donors (Lipinski definition) is 1. The van der Waals surface area contributed by atoms with E-state index in [0.717, 1.165) is 54.2 Å². The first-order chi connectivity index (χ1) is 11.1. The zero-order chi connectivity index (χ0) is 16.2. The summed E-state index contributed by atoms with van der Waals surface area (Å²) < 4.78 is 11.8. The molecule has 4 heteroatoms. The van der Waals surface area contributed by atoms with Crippen molar-refractivity contribution in [3.63, 3.8) is 0 Å². The third kappa shape index (κ3) is 4.17. The zero-order valence-electron chi connectivity index (χ0n) is 13.8. The van der Waals surface area contributed by atoms with Crippen LogP contribution in [0.4, 0.5) is 0 Å². The molecule has 0 bridgehead atoms. The molecular weight excluding hydrogens is 310 g/mol. The minimum Gasteiger partial charge on any atom is -0.493 e. The second-order valence-electron chi connectivity index (χ2n) is 6.46. The normalized spacial score (nSPS) is 24.7. The monoisotopic (exact) mass is 334 g/mol. The van der Waals surface area contributed by atoms with Gasteiger partial charge in [0.1, 0.15) is 31.0 Å². The Labute approximate surface area is 143 Å². The van der Waals surface area contributed by atoms with Crippen LogP contribution in [0.1, 0.15) is 20.3 Å². The highest BCUT2D eigenvalue weighted by Gasteiger charge is 2.24. The van der Waals surface area contributed by atoms with E-state index < -0.39 is 0 Å². The number of rotatable bonds is 5. The Balaban J connectivity index is 1.54. The standard InChI is InChI=1S/C19H24ClNO2/c1-14-12-21(13-15(2)23-14)10-5-11-22-19-9-8-18(20)16-6-3-4-7-17(16)19/h3-4,6-9,14-15H,5,10-13H2,1-2H3/p+1/t14-,15+. The van der Waals surface area contributed by atoms with Crippen LogP contribution in [-0.2, 0) is 4.74 Å². The maximum absolute atomic E-state index is 6.25. The van der Waals surface area contributed by atoms with E-state index >= 15 is 0 Å². The van der Waals surface area contributed by atoms with Crippen LogP contribution in [0.25, 0.3) is 10.8 Å². The number of hydrogen-bond acceptors (Lipinski definition) is 2. The van der Waals surface area contributed by atoms with Crippen molar-refractivity contribution in [2.45, 2.75) is 32.5 Å². The van der Waals surface area contributed by atoms with Crippen LogP contribution in [0, 0.1) is 0 Å². The molecule has 1 saturated heterocycles. The van der Waals surface area contributed by atoms with Gasteiger partial charge in [-0.15, -0.1) is 0 Å². The maximum atomic E-state index is 6.25. The summed E-state index contributed by atoms with van der Waals surface area (Å²) in [6.07, 6.45) is 1.76. The largest absolute Gasteiger partial charge is 0.493 e. The molecule has 0 aromatic heterocycles. The Bertz CT molecular complexity index is 651. The molecule has 1 aliphatic rings. The molecule has 2 aromatic carbocycles. The molecule has 3 atom stereocenters. The fourth-order valence-corrected chi connectivity index (χ4v) is 3.69. The quantitative estimate of drug-likeness (QED) is 0.850. The van der Waals surface area contributed by atoms with Crippen molar-refractivity contribution in [1.82, 2.24) is 0 Å². The van der Waals surface area contributed by atoms with E-state index in [2.05, 4.69) is 19.9 Å². The molecule has 1 fully saturated rings. The molecule has 1 aliphatic heterocycles. The van der Waals surface area contributed by atoms with Crippen LogP contribution in [-0.4, -0.2) is 38.4 Å². The summed E-state index contributed by atoms with van der Waals surface area (Å²) in [6, 6.07) is 12.0. The fraction of sp³-hybridized carbons (Fsp3) is 0.474. The number of ether oxygens (including phenoxy) is 2. The van der Waals surface area contributed by atoms with Crippen LogP contribution in [0.2, 0.25) is 5.02 Å². The molecule has 1 N–H and O–H groups in total. The molecule has 0 saturated carbocycles. The zero-order valence-corrected chi connectivity index (χ0v) is 14.6. The van der Waals surface area contributed by atoms with E-state index in [9.17, 15) is 0 Å². The molecule has 0 radical (unpaired) electrons. The van der Waals surface area contributed by atoms with Gasteiger partial charge < -0.3 is 14.4 Å². The Morgan fingerprint density at radius 2 is 1.78 bits per heavy atom. The lowest BCUT2D eigenvalue weighted by molar-refractivity contribution is -0.915. The first-order valence-corrected chi connectivity index (χ1v) is 8.80. The summed E-state index contributed by atoms with van der Waals surface area (Å²) in [4.78, 5) is 1.61. The van der Waals surface area contributed by atoms with Crippen LogP contribution >= 0.6 is 11.6 Å². The van der Waals surface area contributed by atoms with Crippen LogP contribution in [0.5, 0.6) is 5.75 Å². The summed E-state index contributed by atoms with van der Waals surface area (Å²) >= 11 is 6.25. The Hall–Kier alpha value is -1.29. The number of nitrogens with one attached hydrogen (secondary N) is 1. The van der Waals surface area contributed by atoms with Crippen molar-refractivity contribution in [2.75, 3.05) is 26.2 Å². The number of benzene rings is 2. The van der Waals surface area contributed by atoms with Gasteiger partial charge in [-0.3, -0.25) is 0 Å². The van der Waals surface area contributed by atoms with E-state index in [1.165, 1.54) is 0 Å². The first kappa shape index (κ1) is 16.6. The lowest BCUT2D eigenvalue weighted by Crippen LogP contribution is -3.15. The van der Waals surface area contributed by atoms with E-state index in [0.29, 0.717) is 12.2 Å². The molecule has 1 heterocycles. The molecular formula is C19H25ClNO2+. The summed E-state index contributed by atoms with van der Waals surface area (Å²) in [7, 11) is 0. The summed E-state index contributed by atoms with van der Waals surface area (Å²) in [5, 5.41) is 2.91. The van der Waals surface area contributed by atoms with Gasteiger partial charge in [-0.2, -0.15) is 0 Å². The summed E-state index contributed by atoms with van der Waals surface area (Å²) in [6.45, 7) is 8.36. The molecule has 0 aliphatic carbocycles. The van der Waals surface area contributed by atoms with Crippen molar-refractivity contribution in [3.05, 3.63) is 41.4 Å². The van der Waals surface area contributed by atoms with E-state index in [-0.39, 0.29) is 0 Å². The highest BCUT2D eigenvalue weighted by molar-refractivity contribution is 6.35. The smallest absolute Gasteiger partial charge is 0.127 e. The topological polar surface area (TPSA) is 22.9 Å². The number of morpholine rings is 1. The lowest BCUT2D eigenvalue weighted by atomic mass is 10.1. The van der Waals surface area contributed by atoms with E-state index in [1.54, 1.807) is 4.90 Å². The summed E-state index contributed by atoms with van der Waals surface area (Å²) in [5.74, 6) is 0.920. The van der Waals surface area contributed by atoms with Gasteiger partial charge in [-0.25, -0.2) is 0 Å². The molecule has 23 heavy (non-hydrogen) atoms. The molecule has 3 rings (SSSR count). The molecule has 124 valence electrons. The third-order valence-corrected chi connectivity index (χ3v) is 4.71. The van der Waals surface area contributed by atoms with Gasteiger partial charge in [0.2, 0.25) is 0 Å². The van der Waals surface area contributed by atoms with Crippen LogP contribution < -0.4 is 9.64 Å². The second kappa shape index (κ2) is 7.52. The van der Waals surface area contributed by atoms with Gasteiger partial charge in [0, 0.05) is 22.2 Å². The predicted molar refractivity (Wildman–Crippen MR) is 94.6 cm³/mol. The highest BCUT2D eigenvalue weighted by atomic mass is 35.5. The number of fused-ring (bicyclic) bond motifs is 1. The van der Waals surface area contributed by atoms with Crippen LogP contribution in [0.3, 0.4) is 0 Å². The molecule has 0 spiro atoms. The number of quaternary nitrogens is 1.